The lowest BCUT2D eigenvalue weighted by Gasteiger charge is -2.24. The fraction of sp³-hybridized carbons (Fsp3) is 0.462. The van der Waals surface area contributed by atoms with Crippen molar-refractivity contribution in [2.24, 2.45) is 4.99 Å². The summed E-state index contributed by atoms with van der Waals surface area (Å²) in [5.74, 6) is 0.865. The molecular weight excluding hydrogens is 216 g/mol. The zero-order valence-electron chi connectivity index (χ0n) is 10.1. The van der Waals surface area contributed by atoms with Gasteiger partial charge in [0.25, 0.3) is 0 Å². The highest BCUT2D eigenvalue weighted by molar-refractivity contribution is 5.62. The maximum absolute atomic E-state index is 5.43. The largest absolute Gasteiger partial charge is 0.494 e. The molecule has 1 fully saturated rings. The van der Waals surface area contributed by atoms with Crippen molar-refractivity contribution in [3.05, 3.63) is 24.3 Å². The van der Waals surface area contributed by atoms with E-state index in [4.69, 9.17) is 9.47 Å². The van der Waals surface area contributed by atoms with Crippen LogP contribution in [0.3, 0.4) is 0 Å². The first-order valence-electron chi connectivity index (χ1n) is 5.97. The molecule has 92 valence electrons. The number of hydrogen-bond acceptors (Lipinski definition) is 3. The van der Waals surface area contributed by atoms with Crippen molar-refractivity contribution in [2.75, 3.05) is 32.9 Å². The zero-order chi connectivity index (χ0) is 11.9. The summed E-state index contributed by atoms with van der Waals surface area (Å²) in [6.45, 7) is 6.04. The molecule has 1 saturated heterocycles. The van der Waals surface area contributed by atoms with Gasteiger partial charge in [0, 0.05) is 19.2 Å². The number of morpholine rings is 1. The van der Waals surface area contributed by atoms with Crippen molar-refractivity contribution in [1.82, 2.24) is 4.90 Å². The van der Waals surface area contributed by atoms with E-state index in [9.17, 15) is 0 Å². The number of nitrogens with zero attached hydrogens (tertiary/aromatic N) is 2. The number of ether oxygens (including phenoxy) is 2. The molecule has 0 atom stereocenters. The van der Waals surface area contributed by atoms with E-state index in [-0.39, 0.29) is 0 Å². The van der Waals surface area contributed by atoms with Gasteiger partial charge in [-0.15, -0.1) is 0 Å². The van der Waals surface area contributed by atoms with E-state index in [1.54, 1.807) is 0 Å². The van der Waals surface area contributed by atoms with Gasteiger partial charge in [0.15, 0.2) is 0 Å². The third-order valence-electron chi connectivity index (χ3n) is 2.54. The number of benzene rings is 1. The quantitative estimate of drug-likeness (QED) is 0.591. The highest BCUT2D eigenvalue weighted by Gasteiger charge is 2.05. The molecule has 4 nitrogen and oxygen atoms in total. The first kappa shape index (κ1) is 11.9. The van der Waals surface area contributed by atoms with Crippen molar-refractivity contribution in [2.45, 2.75) is 6.92 Å². The van der Waals surface area contributed by atoms with Gasteiger partial charge in [-0.05, 0) is 19.1 Å². The van der Waals surface area contributed by atoms with Crippen molar-refractivity contribution in [3.63, 3.8) is 0 Å². The monoisotopic (exact) mass is 234 g/mol. The van der Waals surface area contributed by atoms with Crippen molar-refractivity contribution in [1.29, 1.82) is 0 Å². The topological polar surface area (TPSA) is 34.1 Å². The zero-order valence-corrected chi connectivity index (χ0v) is 10.1. The highest BCUT2D eigenvalue weighted by Crippen LogP contribution is 2.19. The molecule has 0 aromatic heterocycles. The third-order valence-corrected chi connectivity index (χ3v) is 2.54. The highest BCUT2D eigenvalue weighted by atomic mass is 16.5. The molecule has 0 unspecified atom stereocenters. The van der Waals surface area contributed by atoms with E-state index >= 15 is 0 Å². The molecule has 2 rings (SSSR count). The lowest BCUT2D eigenvalue weighted by molar-refractivity contribution is 0.0701. The first-order valence-corrected chi connectivity index (χ1v) is 5.97. The molecule has 4 heteroatoms. The van der Waals surface area contributed by atoms with Crippen LogP contribution in [0, 0.1) is 0 Å². The second kappa shape index (κ2) is 6.25. The molecular formula is C13H18N2O2. The summed E-state index contributed by atoms with van der Waals surface area (Å²) in [5, 5.41) is 0. The van der Waals surface area contributed by atoms with Gasteiger partial charge in [-0.3, -0.25) is 0 Å². The normalized spacial score (nSPS) is 16.4. The number of hydrogen-bond donors (Lipinski definition) is 0. The van der Waals surface area contributed by atoms with Crippen LogP contribution in [-0.4, -0.2) is 44.1 Å². The molecule has 1 aliphatic rings. The Labute approximate surface area is 102 Å². The van der Waals surface area contributed by atoms with Gasteiger partial charge < -0.3 is 14.4 Å². The van der Waals surface area contributed by atoms with Gasteiger partial charge in [0.2, 0.25) is 0 Å². The summed E-state index contributed by atoms with van der Waals surface area (Å²) in [6, 6.07) is 7.81. The van der Waals surface area contributed by atoms with E-state index in [2.05, 4.69) is 9.89 Å². The molecule has 0 radical (unpaired) electrons. The van der Waals surface area contributed by atoms with Crippen molar-refractivity contribution >= 4 is 12.0 Å². The van der Waals surface area contributed by atoms with Crippen LogP contribution in [0.25, 0.3) is 0 Å². The standard InChI is InChI=1S/C13H18N2O2/c1-2-17-13-5-3-4-12(10-13)14-11-15-6-8-16-9-7-15/h3-5,10-11H,2,6-9H2,1H3. The van der Waals surface area contributed by atoms with Crippen molar-refractivity contribution < 1.29 is 9.47 Å². The van der Waals surface area contributed by atoms with E-state index in [0.717, 1.165) is 37.7 Å². The minimum Gasteiger partial charge on any atom is -0.494 e. The molecule has 1 heterocycles. The molecule has 0 aliphatic carbocycles. The third kappa shape index (κ3) is 3.75. The van der Waals surface area contributed by atoms with Crippen LogP contribution in [0.4, 0.5) is 5.69 Å². The lowest BCUT2D eigenvalue weighted by atomic mass is 10.3. The van der Waals surface area contributed by atoms with Crippen LogP contribution in [-0.2, 0) is 4.74 Å². The van der Waals surface area contributed by atoms with Crippen LogP contribution in [0.5, 0.6) is 5.75 Å². The van der Waals surface area contributed by atoms with Crippen LogP contribution in [0.15, 0.2) is 29.3 Å². The molecule has 0 spiro atoms. The van der Waals surface area contributed by atoms with Crippen LogP contribution in [0.2, 0.25) is 0 Å². The Morgan fingerprint density at radius 2 is 2.24 bits per heavy atom. The van der Waals surface area contributed by atoms with Gasteiger partial charge in [-0.1, -0.05) is 6.07 Å². The number of rotatable bonds is 4. The number of aliphatic imine (C=N–C) groups is 1. The van der Waals surface area contributed by atoms with Crippen LogP contribution < -0.4 is 4.74 Å². The van der Waals surface area contributed by atoms with Crippen LogP contribution >= 0.6 is 0 Å². The Kier molecular flexibility index (Phi) is 4.38. The van der Waals surface area contributed by atoms with Gasteiger partial charge in [-0.25, -0.2) is 4.99 Å². The fourth-order valence-corrected chi connectivity index (χ4v) is 1.66. The van der Waals surface area contributed by atoms with Gasteiger partial charge in [0.1, 0.15) is 5.75 Å². The molecule has 1 aromatic carbocycles. The molecule has 1 aromatic rings. The predicted molar refractivity (Wildman–Crippen MR) is 68.2 cm³/mol. The van der Waals surface area contributed by atoms with E-state index in [1.807, 2.05) is 37.5 Å². The smallest absolute Gasteiger partial charge is 0.121 e. The summed E-state index contributed by atoms with van der Waals surface area (Å²) >= 11 is 0. The average Bonchev–Trinajstić information content (AvgIpc) is 2.39. The Hall–Kier alpha value is -1.55. The van der Waals surface area contributed by atoms with E-state index in [0.29, 0.717) is 6.61 Å². The van der Waals surface area contributed by atoms with Gasteiger partial charge >= 0.3 is 0 Å². The Bertz CT molecular complexity index is 373. The molecule has 1 aliphatic heterocycles. The van der Waals surface area contributed by atoms with E-state index in [1.165, 1.54) is 0 Å². The minimum atomic E-state index is 0.677. The SMILES string of the molecule is CCOc1cccc(N=CN2CCOCC2)c1. The molecule has 0 saturated carbocycles. The Balaban J connectivity index is 1.96. The first-order chi connectivity index (χ1) is 8.38. The molecule has 17 heavy (non-hydrogen) atoms. The predicted octanol–water partition coefficient (Wildman–Crippen LogP) is 2.08. The average molecular weight is 234 g/mol. The summed E-state index contributed by atoms with van der Waals surface area (Å²) in [5.41, 5.74) is 0.919. The second-order valence-corrected chi connectivity index (χ2v) is 3.82. The second-order valence-electron chi connectivity index (χ2n) is 3.82. The van der Waals surface area contributed by atoms with Crippen LogP contribution in [0.1, 0.15) is 6.92 Å². The lowest BCUT2D eigenvalue weighted by Crippen LogP contribution is -2.34. The molecule has 0 amide bonds. The Morgan fingerprint density at radius 1 is 1.41 bits per heavy atom. The Morgan fingerprint density at radius 3 is 3.00 bits per heavy atom. The molecule has 0 bridgehead atoms. The summed E-state index contributed by atoms with van der Waals surface area (Å²) in [6.07, 6.45) is 1.88. The maximum atomic E-state index is 5.43. The van der Waals surface area contributed by atoms with E-state index < -0.39 is 0 Å². The summed E-state index contributed by atoms with van der Waals surface area (Å²) in [7, 11) is 0. The summed E-state index contributed by atoms with van der Waals surface area (Å²) in [4.78, 5) is 6.60. The maximum Gasteiger partial charge on any atom is 0.121 e. The fourth-order valence-electron chi connectivity index (χ4n) is 1.66. The molecule has 0 N–H and O–H groups in total. The van der Waals surface area contributed by atoms with Gasteiger partial charge in [-0.2, -0.15) is 0 Å². The van der Waals surface area contributed by atoms with Gasteiger partial charge in [0.05, 0.1) is 31.8 Å². The summed E-state index contributed by atoms with van der Waals surface area (Å²) < 4.78 is 10.7. The van der Waals surface area contributed by atoms with Crippen molar-refractivity contribution in [3.8, 4) is 5.75 Å². The minimum absolute atomic E-state index is 0.677.